The summed E-state index contributed by atoms with van der Waals surface area (Å²) in [6.07, 6.45) is 5.25. The zero-order chi connectivity index (χ0) is 23.1. The molecule has 0 fully saturated rings. The lowest BCUT2D eigenvalue weighted by molar-refractivity contribution is 0.556. The zero-order valence-electron chi connectivity index (χ0n) is 18.3. The van der Waals surface area contributed by atoms with Gasteiger partial charge in [-0.15, -0.1) is 0 Å². The monoisotopic (exact) mass is 438 g/mol. The summed E-state index contributed by atoms with van der Waals surface area (Å²) < 4.78 is 56.7. The third kappa shape index (κ3) is 5.56. The third-order valence-corrected chi connectivity index (χ3v) is 5.34. The molecule has 0 unspecified atom stereocenters. The summed E-state index contributed by atoms with van der Waals surface area (Å²) in [5, 5.41) is 0. The number of hydrogen-bond donors (Lipinski definition) is 0. The maximum Gasteiger partial charge on any atom is 0.161 e. The smallest absolute Gasteiger partial charge is 0.161 e. The van der Waals surface area contributed by atoms with E-state index in [1.54, 1.807) is 43.3 Å². The van der Waals surface area contributed by atoms with Crippen LogP contribution < -0.4 is 0 Å². The fourth-order valence-electron chi connectivity index (χ4n) is 3.55. The van der Waals surface area contributed by atoms with Crippen molar-refractivity contribution in [2.24, 2.45) is 0 Å². The quantitative estimate of drug-likeness (QED) is 0.243. The van der Waals surface area contributed by atoms with E-state index in [9.17, 15) is 17.6 Å². The Morgan fingerprint density at radius 2 is 1.28 bits per heavy atom. The van der Waals surface area contributed by atoms with Gasteiger partial charge in [-0.1, -0.05) is 67.6 Å². The van der Waals surface area contributed by atoms with Crippen molar-refractivity contribution in [2.75, 3.05) is 0 Å². The average molecular weight is 439 g/mol. The molecule has 0 nitrogen and oxygen atoms in total. The topological polar surface area (TPSA) is 0 Å². The first-order valence-corrected chi connectivity index (χ1v) is 10.8. The second-order valence-electron chi connectivity index (χ2n) is 7.65. The summed E-state index contributed by atoms with van der Waals surface area (Å²) in [5.41, 5.74) is 3.16. The molecule has 0 spiro atoms. The zero-order valence-corrected chi connectivity index (χ0v) is 18.3. The van der Waals surface area contributed by atoms with Crippen LogP contribution in [0.25, 0.3) is 28.1 Å². The molecule has 0 bridgehead atoms. The van der Waals surface area contributed by atoms with Crippen molar-refractivity contribution in [3.63, 3.8) is 0 Å². The molecule has 3 aromatic rings. The molecule has 0 aliphatic heterocycles. The van der Waals surface area contributed by atoms with Gasteiger partial charge in [-0.3, -0.25) is 0 Å². The van der Waals surface area contributed by atoms with Gasteiger partial charge in [-0.25, -0.2) is 17.6 Å². The van der Waals surface area contributed by atoms with Gasteiger partial charge in [0.25, 0.3) is 0 Å². The van der Waals surface area contributed by atoms with Crippen molar-refractivity contribution < 1.29 is 17.6 Å². The first kappa shape index (κ1) is 23.5. The Hall–Kier alpha value is -3.14. The SMILES string of the molecule is CC=CCCc1c(F)cc(-c2ccc(-c3ccc(C(F)=C(F)CCC)cc3)cc2)cc1F. The lowest BCUT2D eigenvalue weighted by atomic mass is 9.97. The van der Waals surface area contributed by atoms with Gasteiger partial charge in [0.2, 0.25) is 0 Å². The Morgan fingerprint density at radius 1 is 0.781 bits per heavy atom. The summed E-state index contributed by atoms with van der Waals surface area (Å²) in [4.78, 5) is 0. The van der Waals surface area contributed by atoms with Crippen molar-refractivity contribution in [2.45, 2.75) is 39.5 Å². The molecule has 4 heteroatoms. The van der Waals surface area contributed by atoms with Crippen LogP contribution in [0.3, 0.4) is 0 Å². The van der Waals surface area contributed by atoms with Gasteiger partial charge in [0.1, 0.15) is 17.5 Å². The molecule has 0 N–H and O–H groups in total. The Kier molecular flexibility index (Phi) is 8.04. The predicted octanol–water partition coefficient (Wildman–Crippen LogP) is 9.22. The van der Waals surface area contributed by atoms with Crippen molar-refractivity contribution in [3.05, 3.63) is 101 Å². The van der Waals surface area contributed by atoms with Gasteiger partial charge in [0, 0.05) is 17.5 Å². The first-order chi connectivity index (χ1) is 15.4. The predicted molar refractivity (Wildman–Crippen MR) is 124 cm³/mol. The maximum absolute atomic E-state index is 14.5. The minimum Gasteiger partial charge on any atom is -0.209 e. The van der Waals surface area contributed by atoms with Crippen molar-refractivity contribution in [3.8, 4) is 22.3 Å². The molecule has 0 aromatic heterocycles. The summed E-state index contributed by atoms with van der Waals surface area (Å²) >= 11 is 0. The summed E-state index contributed by atoms with van der Waals surface area (Å²) in [7, 11) is 0. The molecule has 0 aliphatic carbocycles. The number of halogens is 4. The van der Waals surface area contributed by atoms with E-state index in [0.29, 0.717) is 30.4 Å². The summed E-state index contributed by atoms with van der Waals surface area (Å²) in [5.74, 6) is -2.66. The van der Waals surface area contributed by atoms with Gasteiger partial charge < -0.3 is 0 Å². The molecule has 0 aliphatic rings. The van der Waals surface area contributed by atoms with Gasteiger partial charge in [-0.05, 0) is 60.6 Å². The minimum absolute atomic E-state index is 0.0764. The van der Waals surface area contributed by atoms with Gasteiger partial charge >= 0.3 is 0 Å². The molecular formula is C28H26F4. The van der Waals surface area contributed by atoms with Gasteiger partial charge in [0.05, 0.1) is 0 Å². The Morgan fingerprint density at radius 3 is 1.78 bits per heavy atom. The van der Waals surface area contributed by atoms with Crippen molar-refractivity contribution in [1.29, 1.82) is 0 Å². The number of rotatable bonds is 8. The van der Waals surface area contributed by atoms with E-state index >= 15 is 0 Å². The summed E-state index contributed by atoms with van der Waals surface area (Å²) in [6, 6.07) is 16.5. The second kappa shape index (κ2) is 10.9. The molecule has 0 atom stereocenters. The van der Waals surface area contributed by atoms with E-state index < -0.39 is 23.3 Å². The van der Waals surface area contributed by atoms with E-state index in [1.165, 1.54) is 12.1 Å². The van der Waals surface area contributed by atoms with E-state index in [-0.39, 0.29) is 17.5 Å². The van der Waals surface area contributed by atoms with Gasteiger partial charge in [0.15, 0.2) is 5.83 Å². The van der Waals surface area contributed by atoms with E-state index in [4.69, 9.17) is 0 Å². The van der Waals surface area contributed by atoms with E-state index in [1.807, 2.05) is 31.2 Å². The maximum atomic E-state index is 14.5. The number of benzene rings is 3. The molecule has 0 saturated heterocycles. The van der Waals surface area contributed by atoms with Gasteiger partial charge in [-0.2, -0.15) is 0 Å². The number of hydrogen-bond acceptors (Lipinski definition) is 0. The molecule has 3 rings (SSSR count). The largest absolute Gasteiger partial charge is 0.209 e. The summed E-state index contributed by atoms with van der Waals surface area (Å²) in [6.45, 7) is 3.67. The molecule has 0 saturated carbocycles. The molecule has 3 aromatic carbocycles. The second-order valence-corrected chi connectivity index (χ2v) is 7.65. The van der Waals surface area contributed by atoms with Crippen LogP contribution in [-0.4, -0.2) is 0 Å². The van der Waals surface area contributed by atoms with E-state index in [2.05, 4.69) is 0 Å². The Bertz CT molecular complexity index is 1080. The highest BCUT2D eigenvalue weighted by Gasteiger charge is 2.12. The molecule has 32 heavy (non-hydrogen) atoms. The highest BCUT2D eigenvalue weighted by atomic mass is 19.2. The van der Waals surface area contributed by atoms with Crippen LogP contribution in [0.5, 0.6) is 0 Å². The Labute approximate surface area is 186 Å². The molecule has 0 amide bonds. The molecule has 0 radical (unpaired) electrons. The average Bonchev–Trinajstić information content (AvgIpc) is 2.80. The van der Waals surface area contributed by atoms with Crippen molar-refractivity contribution in [1.82, 2.24) is 0 Å². The Balaban J connectivity index is 1.80. The normalized spacial score (nSPS) is 12.3. The minimum atomic E-state index is -0.827. The van der Waals surface area contributed by atoms with Crippen LogP contribution in [0, 0.1) is 11.6 Å². The lowest BCUT2D eigenvalue weighted by Gasteiger charge is -2.09. The highest BCUT2D eigenvalue weighted by Crippen LogP contribution is 2.30. The standard InChI is InChI=1S/C28H26F4/c1-3-5-6-8-24-26(30)17-23(18-27(24)31)21-11-9-19(10-12-21)20-13-15-22(16-14-20)28(32)25(29)7-4-2/h3,5,9-18H,4,6-8H2,1-2H3. The molecule has 166 valence electrons. The van der Waals surface area contributed by atoms with Crippen LogP contribution in [0.15, 0.2) is 78.6 Å². The van der Waals surface area contributed by atoms with Crippen LogP contribution in [-0.2, 0) is 6.42 Å². The first-order valence-electron chi connectivity index (χ1n) is 10.8. The van der Waals surface area contributed by atoms with E-state index in [0.717, 1.165) is 11.1 Å². The fourth-order valence-corrected chi connectivity index (χ4v) is 3.55. The van der Waals surface area contributed by atoms with Crippen LogP contribution in [0.4, 0.5) is 17.6 Å². The third-order valence-electron chi connectivity index (χ3n) is 5.34. The lowest BCUT2D eigenvalue weighted by Crippen LogP contribution is -1.96. The molecule has 0 heterocycles. The number of allylic oxidation sites excluding steroid dienone is 3. The fraction of sp³-hybridized carbons (Fsp3) is 0.214. The van der Waals surface area contributed by atoms with Crippen LogP contribution in [0.2, 0.25) is 0 Å². The van der Waals surface area contributed by atoms with Crippen LogP contribution in [0.1, 0.15) is 44.2 Å². The van der Waals surface area contributed by atoms with Crippen LogP contribution >= 0.6 is 0 Å². The molecular weight excluding hydrogens is 412 g/mol. The van der Waals surface area contributed by atoms with Crippen molar-refractivity contribution >= 4 is 5.83 Å². The highest BCUT2D eigenvalue weighted by molar-refractivity contribution is 5.72.